The summed E-state index contributed by atoms with van der Waals surface area (Å²) in [6, 6.07) is 11.8. The van der Waals surface area contributed by atoms with E-state index in [0.29, 0.717) is 21.3 Å². The Morgan fingerprint density at radius 1 is 1.15 bits per heavy atom. The summed E-state index contributed by atoms with van der Waals surface area (Å²) in [5.41, 5.74) is 0.694. The minimum absolute atomic E-state index is 0.0223. The predicted octanol–water partition coefficient (Wildman–Crippen LogP) is 3.31. The molecule has 0 saturated carbocycles. The number of nitrogens with zero attached hydrogens (tertiary/aromatic N) is 4. The van der Waals surface area contributed by atoms with Gasteiger partial charge in [0.2, 0.25) is 0 Å². The first kappa shape index (κ1) is 22.6. The quantitative estimate of drug-likeness (QED) is 0.165. The minimum Gasteiger partial charge on any atom is -0.545 e. The summed E-state index contributed by atoms with van der Waals surface area (Å²) in [6.07, 6.45) is 4.61. The number of hydrogen-bond acceptors (Lipinski definition) is 10. The van der Waals surface area contributed by atoms with E-state index in [-0.39, 0.29) is 20.5 Å². The minimum atomic E-state index is -1.33. The number of aromatic nitrogens is 2. The molecule has 33 heavy (non-hydrogen) atoms. The van der Waals surface area contributed by atoms with Crippen molar-refractivity contribution in [2.75, 3.05) is 4.90 Å². The molecule has 0 bridgehead atoms. The molecule has 1 saturated heterocycles. The lowest BCUT2D eigenvalue weighted by atomic mass is 10.1. The van der Waals surface area contributed by atoms with Gasteiger partial charge in [-0.15, -0.1) is 0 Å². The first-order valence-electron chi connectivity index (χ1n) is 9.16. The number of thioether (sulfide) groups is 1. The van der Waals surface area contributed by atoms with Crippen molar-refractivity contribution in [1.29, 1.82) is 0 Å². The average Bonchev–Trinajstić information content (AvgIpc) is 3.08. The van der Waals surface area contributed by atoms with E-state index in [1.165, 1.54) is 41.3 Å². The second kappa shape index (κ2) is 9.48. The number of nitro benzene ring substituents is 1. The van der Waals surface area contributed by atoms with Crippen LogP contribution in [0, 0.1) is 10.1 Å². The van der Waals surface area contributed by atoms with Crippen LogP contribution in [0.1, 0.15) is 15.9 Å². The monoisotopic (exact) mass is 495 g/mol. The van der Waals surface area contributed by atoms with E-state index in [4.69, 9.17) is 12.2 Å². The number of anilines is 1. The Bertz CT molecular complexity index is 1310. The van der Waals surface area contributed by atoms with Gasteiger partial charge in [-0.1, -0.05) is 42.2 Å². The number of hydrogen-bond donors (Lipinski definition) is 0. The second-order valence-electron chi connectivity index (χ2n) is 6.47. The van der Waals surface area contributed by atoms with Crippen molar-refractivity contribution >= 4 is 69.4 Å². The number of carbonyl (C=O) groups is 2. The summed E-state index contributed by atoms with van der Waals surface area (Å²) < 4.78 is 0.260. The largest absolute Gasteiger partial charge is 0.545 e. The lowest BCUT2D eigenvalue weighted by Crippen LogP contribution is -2.28. The second-order valence-corrected chi connectivity index (χ2v) is 9.15. The first-order chi connectivity index (χ1) is 15.8. The van der Waals surface area contributed by atoms with Crippen LogP contribution in [0.3, 0.4) is 0 Å². The Morgan fingerprint density at radius 3 is 2.48 bits per heavy atom. The van der Waals surface area contributed by atoms with E-state index in [1.807, 2.05) is 0 Å². The third kappa shape index (κ3) is 4.92. The molecular weight excluding hydrogens is 484 g/mol. The number of carboxylic acid groups (broad SMARTS) is 1. The fraction of sp³-hybridized carbons (Fsp3) is 0. The summed E-state index contributed by atoms with van der Waals surface area (Å²) in [5.74, 6) is -1.74. The molecule has 0 radical (unpaired) electrons. The molecule has 1 fully saturated rings. The highest BCUT2D eigenvalue weighted by Gasteiger charge is 2.33. The van der Waals surface area contributed by atoms with E-state index >= 15 is 0 Å². The van der Waals surface area contributed by atoms with Gasteiger partial charge in [0, 0.05) is 18.5 Å². The summed E-state index contributed by atoms with van der Waals surface area (Å²) in [6.45, 7) is 0. The van der Waals surface area contributed by atoms with Crippen molar-refractivity contribution < 1.29 is 19.6 Å². The zero-order valence-electron chi connectivity index (χ0n) is 16.4. The molecule has 12 heteroatoms. The maximum Gasteiger partial charge on any atom is 0.283 e. The number of nitro groups is 1. The van der Waals surface area contributed by atoms with Crippen LogP contribution in [-0.2, 0) is 4.79 Å². The Labute approximate surface area is 200 Å². The Morgan fingerprint density at radius 2 is 1.85 bits per heavy atom. The molecule has 9 nitrogen and oxygen atoms in total. The van der Waals surface area contributed by atoms with Gasteiger partial charge in [0.25, 0.3) is 11.6 Å². The van der Waals surface area contributed by atoms with Crippen molar-refractivity contribution in [1.82, 2.24) is 9.97 Å². The van der Waals surface area contributed by atoms with Gasteiger partial charge in [0.05, 0.1) is 26.4 Å². The van der Waals surface area contributed by atoms with Gasteiger partial charge in [-0.05, 0) is 53.2 Å². The van der Waals surface area contributed by atoms with E-state index in [1.54, 1.807) is 30.6 Å². The average molecular weight is 496 g/mol. The summed E-state index contributed by atoms with van der Waals surface area (Å²) >= 11 is 7.42. The Balaban J connectivity index is 1.61. The van der Waals surface area contributed by atoms with Crippen molar-refractivity contribution in [2.24, 2.45) is 0 Å². The van der Waals surface area contributed by atoms with Crippen molar-refractivity contribution in [3.63, 3.8) is 0 Å². The van der Waals surface area contributed by atoms with Crippen LogP contribution in [0.2, 0.25) is 0 Å². The molecule has 1 aromatic heterocycles. The predicted molar refractivity (Wildman–Crippen MR) is 126 cm³/mol. The highest BCUT2D eigenvalue weighted by Crippen LogP contribution is 2.38. The summed E-state index contributed by atoms with van der Waals surface area (Å²) in [4.78, 5) is 45.0. The molecule has 2 aromatic carbocycles. The lowest BCUT2D eigenvalue weighted by Gasteiger charge is -2.15. The van der Waals surface area contributed by atoms with Crippen molar-refractivity contribution in [3.8, 4) is 0 Å². The van der Waals surface area contributed by atoms with E-state index < -0.39 is 16.8 Å². The first-order valence-corrected chi connectivity index (χ1v) is 11.2. The number of rotatable bonds is 6. The van der Waals surface area contributed by atoms with Crippen LogP contribution < -0.4 is 10.0 Å². The molecule has 1 aliphatic rings. The Kier molecular flexibility index (Phi) is 6.49. The number of carbonyl (C=O) groups excluding carboxylic acids is 2. The fourth-order valence-corrected chi connectivity index (χ4v) is 4.97. The molecule has 0 aliphatic carbocycles. The molecule has 2 heterocycles. The van der Waals surface area contributed by atoms with Crippen molar-refractivity contribution in [2.45, 2.75) is 10.1 Å². The fourth-order valence-electron chi connectivity index (χ4n) is 2.88. The topological polar surface area (TPSA) is 129 Å². The van der Waals surface area contributed by atoms with Gasteiger partial charge in [-0.25, -0.2) is 9.97 Å². The van der Waals surface area contributed by atoms with Gasteiger partial charge in [-0.3, -0.25) is 19.8 Å². The van der Waals surface area contributed by atoms with E-state index in [9.17, 15) is 24.8 Å². The molecule has 4 rings (SSSR count). The zero-order chi connectivity index (χ0) is 23.5. The Hall–Kier alpha value is -3.61. The van der Waals surface area contributed by atoms with Crippen LogP contribution in [0.15, 0.2) is 75.9 Å². The molecule has 0 spiro atoms. The summed E-state index contributed by atoms with van der Waals surface area (Å²) in [7, 11) is 0. The zero-order valence-corrected chi connectivity index (χ0v) is 18.9. The third-order valence-electron chi connectivity index (χ3n) is 4.38. The van der Waals surface area contributed by atoms with Gasteiger partial charge in [-0.2, -0.15) is 0 Å². The van der Waals surface area contributed by atoms with Crippen LogP contribution in [-0.4, -0.2) is 31.1 Å². The van der Waals surface area contributed by atoms with Gasteiger partial charge >= 0.3 is 0 Å². The SMILES string of the molecule is O=C([O-])c1ccc(N2C(=O)/C(=C\c3ccc(Sc4ncccn4)c([N+](=O)[O-])c3)SC2=S)cc1. The molecule has 1 aliphatic heterocycles. The number of benzene rings is 2. The highest BCUT2D eigenvalue weighted by molar-refractivity contribution is 8.27. The number of thiocarbonyl (C=S) groups is 1. The number of carboxylic acids is 1. The molecule has 0 N–H and O–H groups in total. The number of amides is 1. The maximum absolute atomic E-state index is 12.9. The van der Waals surface area contributed by atoms with Gasteiger partial charge in [0.15, 0.2) is 9.48 Å². The smallest absolute Gasteiger partial charge is 0.283 e. The van der Waals surface area contributed by atoms with Gasteiger partial charge in [0.1, 0.15) is 0 Å². The lowest BCUT2D eigenvalue weighted by molar-refractivity contribution is -0.387. The molecule has 3 aromatic rings. The third-order valence-corrected chi connectivity index (χ3v) is 6.64. The molecule has 0 unspecified atom stereocenters. The molecule has 0 atom stereocenters. The van der Waals surface area contributed by atoms with E-state index in [2.05, 4.69) is 9.97 Å². The molecular formula is C21H11N4O5S3-. The normalized spacial score (nSPS) is 14.7. The molecule has 164 valence electrons. The van der Waals surface area contributed by atoms with Crippen LogP contribution in [0.5, 0.6) is 0 Å². The molecule has 1 amide bonds. The highest BCUT2D eigenvalue weighted by atomic mass is 32.2. The van der Waals surface area contributed by atoms with Crippen LogP contribution in [0.25, 0.3) is 6.08 Å². The van der Waals surface area contributed by atoms with Crippen LogP contribution >= 0.6 is 35.7 Å². The number of aromatic carboxylic acids is 1. The van der Waals surface area contributed by atoms with Crippen molar-refractivity contribution in [3.05, 3.63) is 87.1 Å². The maximum atomic E-state index is 12.9. The summed E-state index contributed by atoms with van der Waals surface area (Å²) in [5, 5.41) is 22.9. The van der Waals surface area contributed by atoms with E-state index in [0.717, 1.165) is 23.5 Å². The standard InChI is InChI=1S/C21H12N4O5S3/c26-18-17(33-21(31)24(18)14-5-3-13(4-6-14)19(27)28)11-12-2-7-16(15(10-12)25(29)30)32-20-22-8-1-9-23-20/h1-11H,(H,27,28)/p-1/b17-11+. The van der Waals surface area contributed by atoms with Crippen LogP contribution in [0.4, 0.5) is 11.4 Å². The van der Waals surface area contributed by atoms with Gasteiger partial charge < -0.3 is 9.90 Å².